The molecule has 12 heteroatoms. The van der Waals surface area contributed by atoms with Crippen LogP contribution < -0.4 is 5.43 Å². The van der Waals surface area contributed by atoms with Gasteiger partial charge in [-0.2, -0.15) is 10.1 Å². The maximum absolute atomic E-state index is 10.8. The fraction of sp³-hybridized carbons (Fsp3) is 0.0625. The lowest BCUT2D eigenvalue weighted by Gasteiger charge is -2.01. The van der Waals surface area contributed by atoms with Crippen molar-refractivity contribution >= 4 is 52.8 Å². The molecule has 0 aliphatic rings. The van der Waals surface area contributed by atoms with Crippen LogP contribution in [0.4, 0.5) is 11.6 Å². The molecular weight excluding hydrogens is 427 g/mol. The number of nitro groups is 1. The van der Waals surface area contributed by atoms with E-state index >= 15 is 0 Å². The fourth-order valence-electron chi connectivity index (χ4n) is 2.06. The molecular formula is C16H12Cl2N6O3S. The molecule has 0 aliphatic carbocycles. The van der Waals surface area contributed by atoms with Crippen molar-refractivity contribution in [2.24, 2.45) is 5.10 Å². The first-order valence-corrected chi connectivity index (χ1v) is 9.42. The van der Waals surface area contributed by atoms with E-state index < -0.39 is 4.92 Å². The van der Waals surface area contributed by atoms with Gasteiger partial charge in [0.2, 0.25) is 11.1 Å². The van der Waals surface area contributed by atoms with Gasteiger partial charge in [0.05, 0.1) is 21.2 Å². The molecule has 0 spiro atoms. The van der Waals surface area contributed by atoms with Crippen LogP contribution in [0.25, 0.3) is 0 Å². The lowest BCUT2D eigenvalue weighted by atomic mass is 10.2. The van der Waals surface area contributed by atoms with Gasteiger partial charge in [0.1, 0.15) is 5.75 Å². The van der Waals surface area contributed by atoms with Crippen molar-refractivity contribution in [1.29, 1.82) is 0 Å². The number of phenols is 1. The fourth-order valence-corrected chi connectivity index (χ4v) is 3.12. The molecule has 3 aromatic rings. The minimum absolute atomic E-state index is 0.133. The highest BCUT2D eigenvalue weighted by Crippen LogP contribution is 2.26. The summed E-state index contributed by atoms with van der Waals surface area (Å²) in [4.78, 5) is 14.4. The molecule has 0 unspecified atom stereocenters. The van der Waals surface area contributed by atoms with Crippen LogP contribution in [0, 0.1) is 10.1 Å². The van der Waals surface area contributed by atoms with Gasteiger partial charge in [0, 0.05) is 23.4 Å². The summed E-state index contributed by atoms with van der Waals surface area (Å²) in [6.45, 7) is 0. The number of aromatic amines is 1. The van der Waals surface area contributed by atoms with Crippen molar-refractivity contribution in [2.75, 3.05) is 5.43 Å². The summed E-state index contributed by atoms with van der Waals surface area (Å²) in [5, 5.41) is 32.6. The summed E-state index contributed by atoms with van der Waals surface area (Å²) in [7, 11) is 0. The molecule has 0 radical (unpaired) electrons. The molecule has 0 bridgehead atoms. The lowest BCUT2D eigenvalue weighted by molar-refractivity contribution is -0.384. The molecule has 28 heavy (non-hydrogen) atoms. The normalized spacial score (nSPS) is 11.1. The van der Waals surface area contributed by atoms with Gasteiger partial charge in [-0.25, -0.2) is 10.5 Å². The molecule has 9 nitrogen and oxygen atoms in total. The molecule has 0 fully saturated rings. The maximum atomic E-state index is 10.8. The van der Waals surface area contributed by atoms with Crippen LogP contribution in [0.5, 0.6) is 5.75 Å². The number of nitrogens with one attached hydrogen (secondary N) is 2. The van der Waals surface area contributed by atoms with Crippen LogP contribution in [0.1, 0.15) is 11.1 Å². The Morgan fingerprint density at radius 1 is 1.29 bits per heavy atom. The van der Waals surface area contributed by atoms with E-state index in [-0.39, 0.29) is 22.9 Å². The van der Waals surface area contributed by atoms with Gasteiger partial charge in [-0.3, -0.25) is 10.1 Å². The molecule has 144 valence electrons. The number of anilines is 1. The molecule has 0 atom stereocenters. The number of nitro benzene ring substituents is 1. The number of thioether (sulfide) groups is 1. The van der Waals surface area contributed by atoms with Crippen LogP contribution in [-0.2, 0) is 5.75 Å². The third kappa shape index (κ3) is 5.12. The zero-order chi connectivity index (χ0) is 20.1. The zero-order valence-corrected chi connectivity index (χ0v) is 16.3. The third-order valence-corrected chi connectivity index (χ3v) is 5.07. The quantitative estimate of drug-likeness (QED) is 0.214. The van der Waals surface area contributed by atoms with Crippen molar-refractivity contribution in [3.8, 4) is 5.75 Å². The van der Waals surface area contributed by atoms with Crippen LogP contribution in [-0.4, -0.2) is 31.4 Å². The number of non-ortho nitro benzene ring substituents is 1. The Labute approximate surface area is 172 Å². The molecule has 0 amide bonds. The predicted molar refractivity (Wildman–Crippen MR) is 108 cm³/mol. The molecule has 3 N–H and O–H groups in total. The average molecular weight is 439 g/mol. The first-order chi connectivity index (χ1) is 13.4. The minimum Gasteiger partial charge on any atom is -0.507 e. The predicted octanol–water partition coefficient (Wildman–Crippen LogP) is 4.46. The molecule has 3 rings (SSSR count). The molecule has 1 heterocycles. The Hall–Kier alpha value is -2.82. The smallest absolute Gasteiger partial charge is 0.270 e. The number of aromatic hydroxyl groups is 1. The van der Waals surface area contributed by atoms with Crippen LogP contribution in [0.15, 0.2) is 46.7 Å². The first-order valence-electron chi connectivity index (χ1n) is 7.68. The number of aromatic nitrogens is 3. The van der Waals surface area contributed by atoms with Gasteiger partial charge in [0.25, 0.3) is 5.69 Å². The Balaban J connectivity index is 1.59. The third-order valence-electron chi connectivity index (χ3n) is 3.41. The van der Waals surface area contributed by atoms with Gasteiger partial charge in [-0.15, -0.1) is 5.10 Å². The molecule has 0 saturated heterocycles. The standard InChI is InChI=1S/C16H12Cl2N6O3S/c17-12-3-1-9(5-13(12)18)8-28-16-20-15(22-23-16)21-19-7-10-6-11(24(26)27)2-4-14(10)25/h1-7,25H,8H2,(H2,20,21,22,23)/b19-7+. The molecule has 0 saturated carbocycles. The molecule has 2 aromatic carbocycles. The number of halogens is 2. The summed E-state index contributed by atoms with van der Waals surface area (Å²) in [6, 6.07) is 9.00. The van der Waals surface area contributed by atoms with Crippen LogP contribution in [0.3, 0.4) is 0 Å². The Morgan fingerprint density at radius 3 is 2.86 bits per heavy atom. The van der Waals surface area contributed by atoms with Gasteiger partial charge >= 0.3 is 0 Å². The van der Waals surface area contributed by atoms with Gasteiger partial charge in [-0.05, 0) is 23.8 Å². The Morgan fingerprint density at radius 2 is 2.11 bits per heavy atom. The number of hydrazone groups is 1. The topological polar surface area (TPSA) is 129 Å². The Kier molecular flexibility index (Phi) is 6.34. The van der Waals surface area contributed by atoms with E-state index in [9.17, 15) is 15.2 Å². The largest absolute Gasteiger partial charge is 0.507 e. The number of hydrogen-bond acceptors (Lipinski definition) is 8. The second-order valence-electron chi connectivity index (χ2n) is 5.37. The van der Waals surface area contributed by atoms with E-state index in [1.807, 2.05) is 6.07 Å². The average Bonchev–Trinajstić information content (AvgIpc) is 3.12. The number of phenolic OH excluding ortho intramolecular Hbond substituents is 1. The summed E-state index contributed by atoms with van der Waals surface area (Å²) >= 11 is 13.3. The number of benzene rings is 2. The monoisotopic (exact) mass is 438 g/mol. The Bertz CT molecular complexity index is 1040. The molecule has 0 aliphatic heterocycles. The maximum Gasteiger partial charge on any atom is 0.270 e. The number of H-pyrrole nitrogens is 1. The van der Waals surface area contributed by atoms with E-state index in [1.54, 1.807) is 12.1 Å². The highest BCUT2D eigenvalue weighted by atomic mass is 35.5. The van der Waals surface area contributed by atoms with Crippen molar-refractivity contribution in [3.05, 3.63) is 67.7 Å². The van der Waals surface area contributed by atoms with Gasteiger partial charge in [0.15, 0.2) is 0 Å². The second-order valence-corrected chi connectivity index (χ2v) is 7.13. The highest BCUT2D eigenvalue weighted by Gasteiger charge is 2.09. The SMILES string of the molecule is O=[N+]([O-])c1ccc(O)c(/C=N/Nc2nc(SCc3ccc(Cl)c(Cl)c3)n[nH]2)c1. The summed E-state index contributed by atoms with van der Waals surface area (Å²) < 4.78 is 0. The number of nitrogens with zero attached hydrogens (tertiary/aromatic N) is 4. The van der Waals surface area contributed by atoms with E-state index in [2.05, 4.69) is 25.7 Å². The second kappa shape index (κ2) is 8.91. The highest BCUT2D eigenvalue weighted by molar-refractivity contribution is 7.98. The van der Waals surface area contributed by atoms with Crippen molar-refractivity contribution in [2.45, 2.75) is 10.9 Å². The van der Waals surface area contributed by atoms with E-state index in [0.717, 1.165) is 5.56 Å². The summed E-state index contributed by atoms with van der Waals surface area (Å²) in [6.07, 6.45) is 1.24. The van der Waals surface area contributed by atoms with Crippen LogP contribution in [0.2, 0.25) is 10.0 Å². The zero-order valence-electron chi connectivity index (χ0n) is 14.0. The summed E-state index contributed by atoms with van der Waals surface area (Å²) in [5.41, 5.74) is 3.62. The number of rotatable bonds is 7. The van der Waals surface area contributed by atoms with Crippen molar-refractivity contribution in [3.63, 3.8) is 0 Å². The van der Waals surface area contributed by atoms with E-state index in [1.165, 1.54) is 36.2 Å². The summed E-state index contributed by atoms with van der Waals surface area (Å²) in [5.74, 6) is 0.739. The molecule has 1 aromatic heterocycles. The van der Waals surface area contributed by atoms with E-state index in [4.69, 9.17) is 23.2 Å². The van der Waals surface area contributed by atoms with Crippen molar-refractivity contribution in [1.82, 2.24) is 15.2 Å². The first kappa shape index (κ1) is 19.9. The van der Waals surface area contributed by atoms with Gasteiger partial charge in [-0.1, -0.05) is 41.0 Å². The van der Waals surface area contributed by atoms with Crippen LogP contribution >= 0.6 is 35.0 Å². The van der Waals surface area contributed by atoms with Gasteiger partial charge < -0.3 is 5.11 Å². The van der Waals surface area contributed by atoms with Crippen molar-refractivity contribution < 1.29 is 10.0 Å². The number of hydrogen-bond donors (Lipinski definition) is 3. The minimum atomic E-state index is -0.558. The van der Waals surface area contributed by atoms with E-state index in [0.29, 0.717) is 21.0 Å². The lowest BCUT2D eigenvalue weighted by Crippen LogP contribution is -1.94.